The van der Waals surface area contributed by atoms with Gasteiger partial charge in [0.25, 0.3) is 0 Å². The van der Waals surface area contributed by atoms with Crippen molar-refractivity contribution < 1.29 is 4.79 Å². The van der Waals surface area contributed by atoms with Crippen LogP contribution in [0.15, 0.2) is 72.8 Å². The van der Waals surface area contributed by atoms with Gasteiger partial charge in [0.2, 0.25) is 5.91 Å². The summed E-state index contributed by atoms with van der Waals surface area (Å²) in [5.74, 6) is -0.114. The Hall–Kier alpha value is -2.62. The Morgan fingerprint density at radius 2 is 1.71 bits per heavy atom. The third-order valence-electron chi connectivity index (χ3n) is 5.01. The van der Waals surface area contributed by atoms with E-state index in [1.165, 1.54) is 5.56 Å². The zero-order valence-corrected chi connectivity index (χ0v) is 17.0. The molecule has 3 aromatic rings. The van der Waals surface area contributed by atoms with Gasteiger partial charge in [-0.05, 0) is 66.8 Å². The van der Waals surface area contributed by atoms with E-state index in [9.17, 15) is 4.79 Å². The van der Waals surface area contributed by atoms with E-state index in [4.69, 9.17) is 17.3 Å². The number of nitrogens with zero attached hydrogens (tertiary/aromatic N) is 1. The van der Waals surface area contributed by atoms with E-state index in [-0.39, 0.29) is 5.91 Å². The number of halogens is 1. The van der Waals surface area contributed by atoms with Gasteiger partial charge in [-0.3, -0.25) is 4.79 Å². The molecule has 3 aromatic carbocycles. The number of carbonyl (C=O) groups is 1. The van der Waals surface area contributed by atoms with Crippen LogP contribution >= 0.6 is 11.6 Å². The second-order valence-electron chi connectivity index (χ2n) is 7.03. The predicted molar refractivity (Wildman–Crippen MR) is 117 cm³/mol. The smallest absolute Gasteiger partial charge is 0.248 e. The fourth-order valence-corrected chi connectivity index (χ4v) is 3.38. The van der Waals surface area contributed by atoms with Crippen LogP contribution < -0.4 is 10.6 Å². The molecule has 0 fully saturated rings. The van der Waals surface area contributed by atoms with Crippen LogP contribution in [-0.2, 0) is 11.2 Å². The maximum atomic E-state index is 13.3. The maximum Gasteiger partial charge on any atom is 0.248 e. The Morgan fingerprint density at radius 1 is 0.964 bits per heavy atom. The van der Waals surface area contributed by atoms with E-state index in [0.29, 0.717) is 18.0 Å². The molecule has 0 spiro atoms. The molecule has 1 atom stereocenters. The van der Waals surface area contributed by atoms with Crippen molar-refractivity contribution >= 4 is 23.2 Å². The summed E-state index contributed by atoms with van der Waals surface area (Å²) < 4.78 is 0. The minimum Gasteiger partial charge on any atom is -0.316 e. The maximum absolute atomic E-state index is 13.3. The summed E-state index contributed by atoms with van der Waals surface area (Å²) in [7, 11) is 0. The number of aryl methyl sites for hydroxylation is 2. The highest BCUT2D eigenvalue weighted by atomic mass is 35.5. The molecule has 0 aromatic heterocycles. The van der Waals surface area contributed by atoms with Gasteiger partial charge >= 0.3 is 0 Å². The van der Waals surface area contributed by atoms with E-state index < -0.39 is 6.04 Å². The topological polar surface area (TPSA) is 46.3 Å². The van der Waals surface area contributed by atoms with Crippen molar-refractivity contribution in [3.05, 3.63) is 100 Å². The van der Waals surface area contributed by atoms with Gasteiger partial charge < -0.3 is 10.6 Å². The van der Waals surface area contributed by atoms with Crippen molar-refractivity contribution in [2.45, 2.75) is 26.3 Å². The van der Waals surface area contributed by atoms with Gasteiger partial charge in [0.1, 0.15) is 6.04 Å². The normalized spacial score (nSPS) is 11.9. The summed E-state index contributed by atoms with van der Waals surface area (Å²) >= 11 is 6.11. The van der Waals surface area contributed by atoms with Gasteiger partial charge in [0.15, 0.2) is 0 Å². The molecule has 3 nitrogen and oxygen atoms in total. The van der Waals surface area contributed by atoms with Crippen molar-refractivity contribution in [2.75, 3.05) is 11.4 Å². The minimum absolute atomic E-state index is 0.114. The molecule has 144 valence electrons. The lowest BCUT2D eigenvalue weighted by Crippen LogP contribution is -2.40. The van der Waals surface area contributed by atoms with Crippen molar-refractivity contribution in [3.63, 3.8) is 0 Å². The monoisotopic (exact) mass is 392 g/mol. The third-order valence-corrected chi connectivity index (χ3v) is 5.24. The van der Waals surface area contributed by atoms with Gasteiger partial charge in [0.05, 0.1) is 0 Å². The Kier molecular flexibility index (Phi) is 6.50. The average Bonchev–Trinajstić information content (AvgIpc) is 2.70. The third kappa shape index (κ3) is 4.80. The molecule has 1 amide bonds. The first-order chi connectivity index (χ1) is 13.5. The van der Waals surface area contributed by atoms with E-state index in [0.717, 1.165) is 22.4 Å². The van der Waals surface area contributed by atoms with Gasteiger partial charge in [-0.1, -0.05) is 60.1 Å². The molecule has 3 rings (SSSR count). The molecule has 0 aliphatic rings. The standard InChI is InChI=1S/C24H25ClN2O/c1-17-11-12-22(15-18(17)2)27(14-13-19-7-6-10-21(25)16-19)24(28)23(26)20-8-4-3-5-9-20/h3-12,15-16,23H,13-14,26H2,1-2H3/t23-/m0/s1. The van der Waals surface area contributed by atoms with E-state index in [2.05, 4.69) is 13.8 Å². The van der Waals surface area contributed by atoms with Crippen molar-refractivity contribution in [2.24, 2.45) is 5.73 Å². The Labute approximate surface area is 171 Å². The van der Waals surface area contributed by atoms with Crippen LogP contribution in [0.25, 0.3) is 0 Å². The summed E-state index contributed by atoms with van der Waals surface area (Å²) in [5, 5.41) is 0.697. The second kappa shape index (κ2) is 9.05. The van der Waals surface area contributed by atoms with Crippen LogP contribution in [0.5, 0.6) is 0 Å². The molecule has 0 saturated heterocycles. The van der Waals surface area contributed by atoms with Crippen LogP contribution in [-0.4, -0.2) is 12.5 Å². The number of anilines is 1. The van der Waals surface area contributed by atoms with E-state index in [1.54, 1.807) is 4.90 Å². The van der Waals surface area contributed by atoms with Crippen molar-refractivity contribution in [1.29, 1.82) is 0 Å². The van der Waals surface area contributed by atoms with Gasteiger partial charge in [0, 0.05) is 17.3 Å². The largest absolute Gasteiger partial charge is 0.316 e. The van der Waals surface area contributed by atoms with E-state index >= 15 is 0 Å². The van der Waals surface area contributed by atoms with Crippen LogP contribution in [0.2, 0.25) is 5.02 Å². The second-order valence-corrected chi connectivity index (χ2v) is 7.46. The van der Waals surface area contributed by atoms with E-state index in [1.807, 2.05) is 72.8 Å². The zero-order chi connectivity index (χ0) is 20.1. The average molecular weight is 393 g/mol. The number of amides is 1. The first kappa shape index (κ1) is 20.1. The summed E-state index contributed by atoms with van der Waals surface area (Å²) in [4.78, 5) is 15.1. The Balaban J connectivity index is 1.89. The molecule has 0 radical (unpaired) electrons. The van der Waals surface area contributed by atoms with Crippen molar-refractivity contribution in [1.82, 2.24) is 0 Å². The molecule has 2 N–H and O–H groups in total. The summed E-state index contributed by atoms with van der Waals surface area (Å²) in [6.45, 7) is 4.64. The molecule has 0 bridgehead atoms. The molecular formula is C24H25ClN2O. The summed E-state index contributed by atoms with van der Waals surface area (Å²) in [5.41, 5.74) is 11.4. The number of nitrogens with two attached hydrogens (primary N) is 1. The molecular weight excluding hydrogens is 368 g/mol. The molecule has 28 heavy (non-hydrogen) atoms. The first-order valence-electron chi connectivity index (χ1n) is 9.39. The van der Waals surface area contributed by atoms with Crippen LogP contribution in [0.1, 0.15) is 28.3 Å². The van der Waals surface area contributed by atoms with Crippen LogP contribution in [0.3, 0.4) is 0 Å². The van der Waals surface area contributed by atoms with Crippen molar-refractivity contribution in [3.8, 4) is 0 Å². The minimum atomic E-state index is -0.706. The fraction of sp³-hybridized carbons (Fsp3) is 0.208. The van der Waals surface area contributed by atoms with Crippen LogP contribution in [0, 0.1) is 13.8 Å². The number of benzene rings is 3. The lowest BCUT2D eigenvalue weighted by Gasteiger charge is -2.27. The molecule has 4 heteroatoms. The number of hydrogen-bond acceptors (Lipinski definition) is 2. The number of carbonyl (C=O) groups excluding carboxylic acids is 1. The first-order valence-corrected chi connectivity index (χ1v) is 9.77. The molecule has 0 unspecified atom stereocenters. The Bertz CT molecular complexity index is 956. The lowest BCUT2D eigenvalue weighted by molar-refractivity contribution is -0.120. The molecule has 0 heterocycles. The molecule has 0 aliphatic carbocycles. The number of hydrogen-bond donors (Lipinski definition) is 1. The van der Waals surface area contributed by atoms with Gasteiger partial charge in [-0.15, -0.1) is 0 Å². The highest BCUT2D eigenvalue weighted by molar-refractivity contribution is 6.30. The zero-order valence-electron chi connectivity index (χ0n) is 16.2. The highest BCUT2D eigenvalue weighted by Crippen LogP contribution is 2.23. The fourth-order valence-electron chi connectivity index (χ4n) is 3.16. The Morgan fingerprint density at radius 3 is 2.39 bits per heavy atom. The van der Waals surface area contributed by atoms with Crippen LogP contribution in [0.4, 0.5) is 5.69 Å². The molecule has 0 aliphatic heterocycles. The molecule has 0 saturated carbocycles. The summed E-state index contributed by atoms with van der Waals surface area (Å²) in [6.07, 6.45) is 0.695. The quantitative estimate of drug-likeness (QED) is 0.624. The van der Waals surface area contributed by atoms with Gasteiger partial charge in [-0.25, -0.2) is 0 Å². The summed E-state index contributed by atoms with van der Waals surface area (Å²) in [6, 6.07) is 22.6. The predicted octanol–water partition coefficient (Wildman–Crippen LogP) is 5.23. The lowest BCUT2D eigenvalue weighted by atomic mass is 10.0. The SMILES string of the molecule is Cc1ccc(N(CCc2cccc(Cl)c2)C(=O)[C@@H](N)c2ccccc2)cc1C. The van der Waals surface area contributed by atoms with Gasteiger partial charge in [-0.2, -0.15) is 0 Å². The number of rotatable bonds is 6. The highest BCUT2D eigenvalue weighted by Gasteiger charge is 2.24.